The highest BCUT2D eigenvalue weighted by Gasteiger charge is 2.30. The molecule has 1 fully saturated rings. The number of aryl methyl sites for hydroxylation is 1. The Morgan fingerprint density at radius 1 is 1.39 bits per heavy atom. The van der Waals surface area contributed by atoms with Crippen molar-refractivity contribution in [1.82, 2.24) is 20.4 Å². The molecule has 7 heteroatoms. The maximum absolute atomic E-state index is 12.1. The Labute approximate surface area is 139 Å². The first-order valence-corrected chi connectivity index (χ1v) is 7.89. The summed E-state index contributed by atoms with van der Waals surface area (Å²) in [6.07, 6.45) is 2.35. The zero-order chi connectivity index (χ0) is 16.2. The molecular formula is C16H19ClN4O2. The van der Waals surface area contributed by atoms with E-state index in [1.807, 2.05) is 37.4 Å². The lowest BCUT2D eigenvalue weighted by molar-refractivity contribution is 0.0999. The van der Waals surface area contributed by atoms with Crippen LogP contribution in [-0.2, 0) is 18.3 Å². The number of amides is 2. The second-order valence-corrected chi connectivity index (χ2v) is 5.95. The molecule has 0 aliphatic carbocycles. The maximum Gasteiger partial charge on any atom is 0.315 e. The molecule has 1 saturated heterocycles. The Morgan fingerprint density at radius 2 is 2.17 bits per heavy atom. The Kier molecular flexibility index (Phi) is 4.83. The number of urea groups is 1. The minimum Gasteiger partial charge on any atom is -0.371 e. The lowest BCUT2D eigenvalue weighted by Crippen LogP contribution is -2.43. The summed E-state index contributed by atoms with van der Waals surface area (Å²) in [7, 11) is 1.84. The fourth-order valence-corrected chi connectivity index (χ4v) is 2.81. The van der Waals surface area contributed by atoms with Gasteiger partial charge in [-0.1, -0.05) is 23.7 Å². The van der Waals surface area contributed by atoms with Crippen LogP contribution in [0.2, 0.25) is 5.02 Å². The predicted octanol–water partition coefficient (Wildman–Crippen LogP) is 2.40. The van der Waals surface area contributed by atoms with Crippen LogP contribution >= 0.6 is 11.6 Å². The molecule has 0 saturated carbocycles. The SMILES string of the molecule is Cn1nccc1CNC(=O)N[C@H]1CCO[C@H]1c1ccc(Cl)cc1. The molecule has 1 aromatic heterocycles. The van der Waals surface area contributed by atoms with E-state index in [0.717, 1.165) is 17.7 Å². The molecule has 1 aliphatic heterocycles. The largest absolute Gasteiger partial charge is 0.371 e. The molecule has 0 radical (unpaired) electrons. The first kappa shape index (κ1) is 15.8. The Hall–Kier alpha value is -2.05. The topological polar surface area (TPSA) is 68.2 Å². The van der Waals surface area contributed by atoms with Gasteiger partial charge in [0.15, 0.2) is 0 Å². The number of carbonyl (C=O) groups excluding carboxylic acids is 1. The van der Waals surface area contributed by atoms with Gasteiger partial charge in [-0.25, -0.2) is 4.79 Å². The molecule has 2 aromatic rings. The molecule has 122 valence electrons. The van der Waals surface area contributed by atoms with E-state index in [1.165, 1.54) is 0 Å². The molecule has 2 atom stereocenters. The van der Waals surface area contributed by atoms with Crippen molar-refractivity contribution in [3.63, 3.8) is 0 Å². The number of carbonyl (C=O) groups is 1. The summed E-state index contributed by atoms with van der Waals surface area (Å²) in [6, 6.07) is 9.13. The summed E-state index contributed by atoms with van der Waals surface area (Å²) >= 11 is 5.91. The predicted molar refractivity (Wildman–Crippen MR) is 87.1 cm³/mol. The van der Waals surface area contributed by atoms with Crippen LogP contribution in [0.25, 0.3) is 0 Å². The van der Waals surface area contributed by atoms with Crippen LogP contribution in [0.3, 0.4) is 0 Å². The first-order valence-electron chi connectivity index (χ1n) is 7.52. The summed E-state index contributed by atoms with van der Waals surface area (Å²) in [5, 5.41) is 10.6. The van der Waals surface area contributed by atoms with E-state index >= 15 is 0 Å². The van der Waals surface area contributed by atoms with E-state index in [4.69, 9.17) is 16.3 Å². The molecule has 0 bridgehead atoms. The summed E-state index contributed by atoms with van der Waals surface area (Å²) in [5.41, 5.74) is 1.96. The minimum absolute atomic E-state index is 0.0530. The molecule has 2 heterocycles. The van der Waals surface area contributed by atoms with Crippen LogP contribution in [0, 0.1) is 0 Å². The highest BCUT2D eigenvalue weighted by Crippen LogP contribution is 2.29. The standard InChI is InChI=1S/C16H19ClN4O2/c1-21-13(6-8-19-21)10-18-16(22)20-14-7-9-23-15(14)11-2-4-12(17)5-3-11/h2-6,8,14-15H,7,9-10H2,1H3,(H2,18,20,22)/t14-,15-/m0/s1. The Bertz CT molecular complexity index is 671. The van der Waals surface area contributed by atoms with Crippen molar-refractivity contribution < 1.29 is 9.53 Å². The van der Waals surface area contributed by atoms with Gasteiger partial charge in [0.2, 0.25) is 0 Å². The first-order chi connectivity index (χ1) is 11.1. The third-order valence-corrected chi connectivity index (χ3v) is 4.21. The third-order valence-electron chi connectivity index (χ3n) is 3.96. The van der Waals surface area contributed by atoms with Gasteiger partial charge < -0.3 is 15.4 Å². The number of nitrogens with zero attached hydrogens (tertiary/aromatic N) is 2. The van der Waals surface area contributed by atoms with Crippen LogP contribution in [0.1, 0.15) is 23.8 Å². The summed E-state index contributed by atoms with van der Waals surface area (Å²) in [4.78, 5) is 12.1. The van der Waals surface area contributed by atoms with Crippen LogP contribution in [0.4, 0.5) is 4.79 Å². The summed E-state index contributed by atoms with van der Waals surface area (Å²) in [5.74, 6) is 0. The zero-order valence-electron chi connectivity index (χ0n) is 12.8. The number of hydrogen-bond acceptors (Lipinski definition) is 3. The number of ether oxygens (including phenoxy) is 1. The molecule has 23 heavy (non-hydrogen) atoms. The van der Waals surface area contributed by atoms with E-state index in [1.54, 1.807) is 10.9 Å². The Balaban J connectivity index is 1.56. The van der Waals surface area contributed by atoms with E-state index in [-0.39, 0.29) is 18.2 Å². The van der Waals surface area contributed by atoms with Crippen molar-refractivity contribution in [3.8, 4) is 0 Å². The molecule has 1 aromatic carbocycles. The van der Waals surface area contributed by atoms with Crippen molar-refractivity contribution in [2.75, 3.05) is 6.61 Å². The molecule has 2 amide bonds. The van der Waals surface area contributed by atoms with Gasteiger partial charge in [0.05, 0.1) is 18.3 Å². The van der Waals surface area contributed by atoms with Crippen molar-refractivity contribution in [2.24, 2.45) is 7.05 Å². The molecular weight excluding hydrogens is 316 g/mol. The van der Waals surface area contributed by atoms with E-state index in [2.05, 4.69) is 15.7 Å². The van der Waals surface area contributed by atoms with Gasteiger partial charge in [-0.3, -0.25) is 4.68 Å². The van der Waals surface area contributed by atoms with Gasteiger partial charge in [0.25, 0.3) is 0 Å². The van der Waals surface area contributed by atoms with Gasteiger partial charge in [-0.15, -0.1) is 0 Å². The minimum atomic E-state index is -0.208. The summed E-state index contributed by atoms with van der Waals surface area (Å²) in [6.45, 7) is 1.06. The average Bonchev–Trinajstić information content (AvgIpc) is 3.15. The lowest BCUT2D eigenvalue weighted by atomic mass is 10.0. The number of halogens is 1. The van der Waals surface area contributed by atoms with Gasteiger partial charge in [0, 0.05) is 24.9 Å². The van der Waals surface area contributed by atoms with Gasteiger partial charge in [-0.05, 0) is 30.2 Å². The van der Waals surface area contributed by atoms with Crippen LogP contribution in [0.15, 0.2) is 36.5 Å². The molecule has 2 N–H and O–H groups in total. The van der Waals surface area contributed by atoms with Crippen molar-refractivity contribution in [2.45, 2.75) is 25.1 Å². The van der Waals surface area contributed by atoms with E-state index in [9.17, 15) is 4.79 Å². The monoisotopic (exact) mass is 334 g/mol. The smallest absolute Gasteiger partial charge is 0.315 e. The normalized spacial score (nSPS) is 20.4. The lowest BCUT2D eigenvalue weighted by Gasteiger charge is -2.20. The fourth-order valence-electron chi connectivity index (χ4n) is 2.68. The molecule has 1 aliphatic rings. The van der Waals surface area contributed by atoms with Crippen LogP contribution < -0.4 is 10.6 Å². The number of benzene rings is 1. The average molecular weight is 335 g/mol. The number of rotatable bonds is 4. The quantitative estimate of drug-likeness (QED) is 0.902. The molecule has 0 unspecified atom stereocenters. The molecule has 6 nitrogen and oxygen atoms in total. The number of aromatic nitrogens is 2. The number of nitrogens with one attached hydrogen (secondary N) is 2. The van der Waals surface area contributed by atoms with Gasteiger partial charge in [0.1, 0.15) is 6.10 Å². The van der Waals surface area contributed by atoms with Crippen LogP contribution in [0.5, 0.6) is 0 Å². The van der Waals surface area contributed by atoms with E-state index in [0.29, 0.717) is 18.2 Å². The van der Waals surface area contributed by atoms with Crippen LogP contribution in [-0.4, -0.2) is 28.5 Å². The Morgan fingerprint density at radius 3 is 2.87 bits per heavy atom. The van der Waals surface area contributed by atoms with Crippen molar-refractivity contribution in [1.29, 1.82) is 0 Å². The second-order valence-electron chi connectivity index (χ2n) is 5.51. The fraction of sp³-hybridized carbons (Fsp3) is 0.375. The summed E-state index contributed by atoms with van der Waals surface area (Å²) < 4.78 is 7.49. The van der Waals surface area contributed by atoms with E-state index < -0.39 is 0 Å². The molecule has 3 rings (SSSR count). The maximum atomic E-state index is 12.1. The third kappa shape index (κ3) is 3.83. The number of hydrogen-bond donors (Lipinski definition) is 2. The van der Waals surface area contributed by atoms with Gasteiger partial charge >= 0.3 is 6.03 Å². The van der Waals surface area contributed by atoms with Gasteiger partial charge in [-0.2, -0.15) is 5.10 Å². The highest BCUT2D eigenvalue weighted by molar-refractivity contribution is 6.30. The highest BCUT2D eigenvalue weighted by atomic mass is 35.5. The second kappa shape index (κ2) is 7.02. The zero-order valence-corrected chi connectivity index (χ0v) is 13.6. The van der Waals surface area contributed by atoms with Crippen molar-refractivity contribution >= 4 is 17.6 Å². The van der Waals surface area contributed by atoms with Crippen molar-refractivity contribution in [3.05, 3.63) is 52.8 Å². The molecule has 0 spiro atoms.